The second-order valence-corrected chi connectivity index (χ2v) is 10.8. The number of carbonyl (C=O) groups is 2. The minimum atomic E-state index is -3.88. The smallest absolute Gasteiger partial charge is 0.261 e. The van der Waals surface area contributed by atoms with Crippen molar-refractivity contribution in [1.82, 2.24) is 4.90 Å². The van der Waals surface area contributed by atoms with Crippen LogP contribution >= 0.6 is 23.4 Å². The SMILES string of the molecule is O=C1Nc2cc(S(=O)(=O)Nc3cccc(Cl)c3)ccc2S[C@@H]1C(=O)N1CCCCCC1. The lowest BCUT2D eigenvalue weighted by molar-refractivity contribution is -0.133. The number of likely N-dealkylation sites (tertiary alicyclic amines) is 1. The van der Waals surface area contributed by atoms with Gasteiger partial charge in [-0.1, -0.05) is 30.5 Å². The summed E-state index contributed by atoms with van der Waals surface area (Å²) < 4.78 is 28.0. The number of nitrogens with one attached hydrogen (secondary N) is 2. The summed E-state index contributed by atoms with van der Waals surface area (Å²) in [5, 5.41) is 2.26. The normalized spacial score (nSPS) is 19.2. The molecule has 4 rings (SSSR count). The molecule has 0 radical (unpaired) electrons. The minimum Gasteiger partial charge on any atom is -0.341 e. The molecule has 0 spiro atoms. The molecule has 1 atom stereocenters. The van der Waals surface area contributed by atoms with Gasteiger partial charge in [0.15, 0.2) is 5.25 Å². The van der Waals surface area contributed by atoms with Crippen molar-refractivity contribution in [3.63, 3.8) is 0 Å². The van der Waals surface area contributed by atoms with Crippen LogP contribution < -0.4 is 10.0 Å². The van der Waals surface area contributed by atoms with Gasteiger partial charge in [0.25, 0.3) is 10.0 Å². The third kappa shape index (κ3) is 4.99. The Labute approximate surface area is 190 Å². The average Bonchev–Trinajstić information content (AvgIpc) is 3.01. The zero-order chi connectivity index (χ0) is 22.0. The van der Waals surface area contributed by atoms with E-state index in [1.54, 1.807) is 29.2 Å². The maximum atomic E-state index is 12.9. The van der Waals surface area contributed by atoms with E-state index in [-0.39, 0.29) is 10.8 Å². The van der Waals surface area contributed by atoms with E-state index in [0.717, 1.165) is 37.4 Å². The Balaban J connectivity index is 1.53. The molecule has 0 aromatic heterocycles. The third-order valence-electron chi connectivity index (χ3n) is 5.22. The lowest BCUT2D eigenvalue weighted by atomic mass is 10.2. The summed E-state index contributed by atoms with van der Waals surface area (Å²) in [7, 11) is -3.88. The van der Waals surface area contributed by atoms with E-state index in [1.165, 1.54) is 18.2 Å². The summed E-state index contributed by atoms with van der Waals surface area (Å²) in [6, 6.07) is 10.9. The van der Waals surface area contributed by atoms with Crippen LogP contribution in [0.25, 0.3) is 0 Å². The number of nitrogens with zero attached hydrogens (tertiary/aromatic N) is 1. The molecule has 2 N–H and O–H groups in total. The van der Waals surface area contributed by atoms with Crippen molar-refractivity contribution in [3.8, 4) is 0 Å². The number of carbonyl (C=O) groups excluding carboxylic acids is 2. The first-order valence-corrected chi connectivity index (χ1v) is 12.8. The molecule has 0 saturated carbocycles. The fourth-order valence-electron chi connectivity index (χ4n) is 3.64. The number of thioether (sulfide) groups is 1. The van der Waals surface area contributed by atoms with Crippen LogP contribution in [-0.4, -0.2) is 43.5 Å². The van der Waals surface area contributed by atoms with Crippen molar-refractivity contribution >= 4 is 56.6 Å². The number of hydrogen-bond donors (Lipinski definition) is 2. The van der Waals surface area contributed by atoms with Crippen LogP contribution in [-0.2, 0) is 19.6 Å². The lowest BCUT2D eigenvalue weighted by Gasteiger charge is -2.28. The van der Waals surface area contributed by atoms with Gasteiger partial charge in [0.05, 0.1) is 16.3 Å². The monoisotopic (exact) mass is 479 g/mol. The maximum Gasteiger partial charge on any atom is 0.261 e. The van der Waals surface area contributed by atoms with E-state index in [9.17, 15) is 18.0 Å². The first kappa shape index (κ1) is 22.0. The molecule has 2 aliphatic heterocycles. The van der Waals surface area contributed by atoms with Gasteiger partial charge in [0.1, 0.15) is 0 Å². The molecule has 31 heavy (non-hydrogen) atoms. The van der Waals surface area contributed by atoms with Crippen molar-refractivity contribution in [3.05, 3.63) is 47.5 Å². The van der Waals surface area contributed by atoms with Crippen molar-refractivity contribution in [2.75, 3.05) is 23.1 Å². The summed E-state index contributed by atoms with van der Waals surface area (Å²) >= 11 is 7.08. The van der Waals surface area contributed by atoms with Crippen LogP contribution in [0.15, 0.2) is 52.3 Å². The summed E-state index contributed by atoms with van der Waals surface area (Å²) in [4.78, 5) is 28.0. The van der Waals surface area contributed by atoms with Gasteiger partial charge >= 0.3 is 0 Å². The van der Waals surface area contributed by atoms with E-state index in [1.807, 2.05) is 0 Å². The Morgan fingerprint density at radius 3 is 2.55 bits per heavy atom. The van der Waals surface area contributed by atoms with Gasteiger partial charge in [-0.05, 0) is 49.2 Å². The van der Waals surface area contributed by atoms with Crippen LogP contribution in [0.1, 0.15) is 25.7 Å². The minimum absolute atomic E-state index is 0.00409. The van der Waals surface area contributed by atoms with E-state index >= 15 is 0 Å². The van der Waals surface area contributed by atoms with Gasteiger partial charge in [-0.25, -0.2) is 8.42 Å². The molecular formula is C21H22ClN3O4S2. The Morgan fingerprint density at radius 2 is 1.84 bits per heavy atom. The molecule has 2 aromatic rings. The summed E-state index contributed by atoms with van der Waals surface area (Å²) in [6.45, 7) is 1.34. The van der Waals surface area contributed by atoms with Crippen LogP contribution in [0, 0.1) is 0 Å². The largest absolute Gasteiger partial charge is 0.341 e. The van der Waals surface area contributed by atoms with Gasteiger partial charge in [0.2, 0.25) is 11.8 Å². The number of halogens is 1. The Bertz CT molecular complexity index is 1120. The quantitative estimate of drug-likeness (QED) is 0.647. The zero-order valence-electron chi connectivity index (χ0n) is 16.6. The van der Waals surface area contributed by atoms with Gasteiger partial charge in [-0.3, -0.25) is 14.3 Å². The number of benzene rings is 2. The molecule has 2 amide bonds. The Kier molecular flexibility index (Phi) is 6.45. The number of fused-ring (bicyclic) bond motifs is 1. The number of sulfonamides is 1. The first-order chi connectivity index (χ1) is 14.8. The first-order valence-electron chi connectivity index (χ1n) is 10.0. The molecular weight excluding hydrogens is 458 g/mol. The van der Waals surface area contributed by atoms with Gasteiger partial charge in [-0.15, -0.1) is 11.8 Å². The summed E-state index contributed by atoms with van der Waals surface area (Å²) in [5.74, 6) is -0.613. The predicted octanol–water partition coefficient (Wildman–Crippen LogP) is 3.96. The Hall–Kier alpha value is -2.23. The van der Waals surface area contributed by atoms with Crippen molar-refractivity contribution < 1.29 is 18.0 Å². The average molecular weight is 480 g/mol. The topological polar surface area (TPSA) is 95.6 Å². The Morgan fingerprint density at radius 1 is 1.10 bits per heavy atom. The van der Waals surface area contributed by atoms with Crippen LogP contribution in [0.2, 0.25) is 5.02 Å². The number of rotatable bonds is 4. The molecule has 7 nitrogen and oxygen atoms in total. The number of anilines is 2. The van der Waals surface area contributed by atoms with Crippen LogP contribution in [0.3, 0.4) is 0 Å². The predicted molar refractivity (Wildman–Crippen MR) is 122 cm³/mol. The van der Waals surface area contributed by atoms with Gasteiger partial charge in [-0.2, -0.15) is 0 Å². The van der Waals surface area contributed by atoms with Crippen molar-refractivity contribution in [2.45, 2.75) is 40.7 Å². The van der Waals surface area contributed by atoms with Crippen molar-refractivity contribution in [2.24, 2.45) is 0 Å². The van der Waals surface area contributed by atoms with Gasteiger partial charge in [0, 0.05) is 23.0 Å². The summed E-state index contributed by atoms with van der Waals surface area (Å²) in [6.07, 6.45) is 4.08. The highest BCUT2D eigenvalue weighted by Crippen LogP contribution is 2.38. The highest BCUT2D eigenvalue weighted by atomic mass is 35.5. The molecule has 1 saturated heterocycles. The number of hydrogen-bond acceptors (Lipinski definition) is 5. The highest BCUT2D eigenvalue weighted by molar-refractivity contribution is 8.01. The molecule has 10 heteroatoms. The maximum absolute atomic E-state index is 12.9. The number of amides is 2. The second kappa shape index (κ2) is 9.10. The third-order valence-corrected chi connectivity index (χ3v) is 8.10. The molecule has 2 aliphatic rings. The van der Waals surface area contributed by atoms with Crippen LogP contribution in [0.4, 0.5) is 11.4 Å². The van der Waals surface area contributed by atoms with Gasteiger partial charge < -0.3 is 10.2 Å². The molecule has 1 fully saturated rings. The molecule has 0 unspecified atom stereocenters. The van der Waals surface area contributed by atoms with E-state index in [4.69, 9.17) is 11.6 Å². The molecule has 0 bridgehead atoms. The second-order valence-electron chi connectivity index (χ2n) is 7.50. The molecule has 2 aromatic carbocycles. The van der Waals surface area contributed by atoms with E-state index < -0.39 is 21.2 Å². The lowest BCUT2D eigenvalue weighted by Crippen LogP contribution is -2.45. The summed E-state index contributed by atoms with van der Waals surface area (Å²) in [5.41, 5.74) is 0.718. The van der Waals surface area contributed by atoms with E-state index in [2.05, 4.69) is 10.0 Å². The fourth-order valence-corrected chi connectivity index (χ4v) is 5.96. The zero-order valence-corrected chi connectivity index (χ0v) is 19.0. The van der Waals surface area contributed by atoms with E-state index in [0.29, 0.717) is 34.4 Å². The highest BCUT2D eigenvalue weighted by Gasteiger charge is 2.36. The van der Waals surface area contributed by atoms with Crippen molar-refractivity contribution in [1.29, 1.82) is 0 Å². The fraction of sp³-hybridized carbons (Fsp3) is 0.333. The molecule has 2 heterocycles. The standard InChI is InChI=1S/C21H22ClN3O4S2/c22-14-6-5-7-15(12-14)24-31(28,29)16-8-9-18-17(13-16)23-20(26)19(30-18)21(27)25-10-3-1-2-4-11-25/h5-9,12-13,19,24H,1-4,10-11H2,(H,23,26)/t19-/m0/s1. The molecule has 0 aliphatic carbocycles. The molecule has 164 valence electrons. The van der Waals surface area contributed by atoms with Crippen LogP contribution in [0.5, 0.6) is 0 Å².